The number of ketones is 1. The summed E-state index contributed by atoms with van der Waals surface area (Å²) in [7, 11) is 0. The first-order valence-corrected chi connectivity index (χ1v) is 12.7. The summed E-state index contributed by atoms with van der Waals surface area (Å²) in [6, 6.07) is 5.94. The fourth-order valence-corrected chi connectivity index (χ4v) is 4.51. The molecule has 2 rings (SSSR count). The van der Waals surface area contributed by atoms with Crippen LogP contribution in [0.15, 0.2) is 24.3 Å². The molecule has 4 amide bonds. The number of rotatable bonds is 14. The second-order valence-corrected chi connectivity index (χ2v) is 10.5. The molecule has 1 aromatic rings. The van der Waals surface area contributed by atoms with Gasteiger partial charge in [-0.05, 0) is 48.6 Å². The number of amides is 4. The van der Waals surface area contributed by atoms with Crippen molar-refractivity contribution in [2.45, 2.75) is 91.3 Å². The number of urea groups is 1. The quantitative estimate of drug-likeness (QED) is 0.300. The van der Waals surface area contributed by atoms with Gasteiger partial charge in [0.25, 0.3) is 5.91 Å². The summed E-state index contributed by atoms with van der Waals surface area (Å²) in [6.45, 7) is 10.1. The Kier molecular flexibility index (Phi) is 10.9. The van der Waals surface area contributed by atoms with Gasteiger partial charge in [0.1, 0.15) is 11.8 Å². The normalized spacial score (nSPS) is 18.2. The van der Waals surface area contributed by atoms with Crippen LogP contribution in [0.4, 0.5) is 4.79 Å². The van der Waals surface area contributed by atoms with Gasteiger partial charge in [0.15, 0.2) is 0 Å². The van der Waals surface area contributed by atoms with Crippen LogP contribution in [0.5, 0.6) is 0 Å². The SMILES string of the molecule is CCc1ccc(CC(=O)NC(CC(C)C)C(O)CC(CC(C)C)C(=O)CC2NC(=O)NC2=O)cc1. The van der Waals surface area contributed by atoms with Crippen molar-refractivity contribution in [1.29, 1.82) is 0 Å². The number of Topliss-reactive ketones (excluding diaryl/α,β-unsaturated/α-hetero) is 1. The molecule has 0 aliphatic carbocycles. The molecule has 1 aromatic carbocycles. The van der Waals surface area contributed by atoms with Crippen molar-refractivity contribution < 1.29 is 24.3 Å². The molecule has 1 saturated heterocycles. The van der Waals surface area contributed by atoms with Crippen LogP contribution in [0.3, 0.4) is 0 Å². The number of benzene rings is 1. The molecule has 0 spiro atoms. The van der Waals surface area contributed by atoms with E-state index in [9.17, 15) is 24.3 Å². The zero-order valence-corrected chi connectivity index (χ0v) is 21.6. The van der Waals surface area contributed by atoms with Crippen molar-refractivity contribution >= 4 is 23.6 Å². The Balaban J connectivity index is 2.05. The van der Waals surface area contributed by atoms with Gasteiger partial charge in [-0.15, -0.1) is 0 Å². The smallest absolute Gasteiger partial charge is 0.322 e. The van der Waals surface area contributed by atoms with Crippen molar-refractivity contribution in [3.63, 3.8) is 0 Å². The number of carbonyl (C=O) groups is 4. The molecule has 4 atom stereocenters. The van der Waals surface area contributed by atoms with E-state index in [1.54, 1.807) is 0 Å². The van der Waals surface area contributed by atoms with Gasteiger partial charge in [0.05, 0.1) is 18.6 Å². The number of hydrogen-bond donors (Lipinski definition) is 4. The standard InChI is InChI=1S/C27H41N3O5/c1-6-18-7-9-19(10-8-18)13-25(33)28-21(12-17(4)5)24(32)14-20(11-16(2)3)23(31)15-22-26(34)30-27(35)29-22/h7-10,16-17,20-22,24,32H,6,11-15H2,1-5H3,(H,28,33)(H2,29,30,34,35). The first kappa shape index (κ1) is 28.5. The molecule has 1 fully saturated rings. The summed E-state index contributed by atoms with van der Waals surface area (Å²) < 4.78 is 0. The number of imide groups is 1. The Labute approximate surface area is 208 Å². The summed E-state index contributed by atoms with van der Waals surface area (Å²) in [5, 5.41) is 18.7. The summed E-state index contributed by atoms with van der Waals surface area (Å²) in [4.78, 5) is 49.1. The summed E-state index contributed by atoms with van der Waals surface area (Å²) in [5.74, 6) is -0.905. The highest BCUT2D eigenvalue weighted by Gasteiger charge is 2.35. The van der Waals surface area contributed by atoms with E-state index in [1.165, 1.54) is 5.56 Å². The third-order valence-electron chi connectivity index (χ3n) is 6.33. The van der Waals surface area contributed by atoms with E-state index in [0.717, 1.165) is 12.0 Å². The predicted molar refractivity (Wildman–Crippen MR) is 135 cm³/mol. The van der Waals surface area contributed by atoms with Crippen LogP contribution in [0.2, 0.25) is 0 Å². The van der Waals surface area contributed by atoms with E-state index in [0.29, 0.717) is 12.8 Å². The Morgan fingerprint density at radius 3 is 2.09 bits per heavy atom. The lowest BCUT2D eigenvalue weighted by Crippen LogP contribution is -2.46. The molecule has 35 heavy (non-hydrogen) atoms. The minimum atomic E-state index is -0.913. The van der Waals surface area contributed by atoms with Gasteiger partial charge in [-0.25, -0.2) is 4.79 Å². The maximum Gasteiger partial charge on any atom is 0.322 e. The van der Waals surface area contributed by atoms with E-state index < -0.39 is 36.0 Å². The van der Waals surface area contributed by atoms with Gasteiger partial charge in [-0.2, -0.15) is 0 Å². The van der Waals surface area contributed by atoms with Crippen molar-refractivity contribution in [2.24, 2.45) is 17.8 Å². The largest absolute Gasteiger partial charge is 0.391 e. The maximum absolute atomic E-state index is 13.1. The van der Waals surface area contributed by atoms with E-state index in [2.05, 4.69) is 22.9 Å². The number of hydrogen-bond acceptors (Lipinski definition) is 5. The van der Waals surface area contributed by atoms with Crippen molar-refractivity contribution in [1.82, 2.24) is 16.0 Å². The van der Waals surface area contributed by atoms with Crippen LogP contribution >= 0.6 is 0 Å². The molecule has 0 aromatic heterocycles. The molecule has 0 saturated carbocycles. The first-order valence-electron chi connectivity index (χ1n) is 12.7. The lowest BCUT2D eigenvalue weighted by Gasteiger charge is -2.29. The van der Waals surface area contributed by atoms with Crippen LogP contribution in [0.25, 0.3) is 0 Å². The van der Waals surface area contributed by atoms with Crippen LogP contribution in [-0.2, 0) is 27.2 Å². The van der Waals surface area contributed by atoms with Crippen molar-refractivity contribution in [3.05, 3.63) is 35.4 Å². The molecule has 1 aliphatic rings. The topological polar surface area (TPSA) is 125 Å². The lowest BCUT2D eigenvalue weighted by molar-refractivity contribution is -0.128. The Bertz CT molecular complexity index is 881. The molecule has 4 N–H and O–H groups in total. The third kappa shape index (κ3) is 9.43. The molecular weight excluding hydrogens is 446 g/mol. The minimum Gasteiger partial charge on any atom is -0.391 e. The third-order valence-corrected chi connectivity index (χ3v) is 6.33. The fraction of sp³-hybridized carbons (Fsp3) is 0.630. The van der Waals surface area contributed by atoms with Crippen molar-refractivity contribution in [2.75, 3.05) is 0 Å². The number of aliphatic hydroxyl groups is 1. The number of aryl methyl sites for hydroxylation is 1. The monoisotopic (exact) mass is 487 g/mol. The Morgan fingerprint density at radius 2 is 1.57 bits per heavy atom. The second kappa shape index (κ2) is 13.4. The van der Waals surface area contributed by atoms with Crippen LogP contribution in [-0.4, -0.2) is 46.9 Å². The summed E-state index contributed by atoms with van der Waals surface area (Å²) in [6.07, 6.45) is 1.43. The highest BCUT2D eigenvalue weighted by atomic mass is 16.3. The highest BCUT2D eigenvalue weighted by molar-refractivity contribution is 6.06. The molecule has 4 unspecified atom stereocenters. The van der Waals surface area contributed by atoms with Crippen LogP contribution in [0, 0.1) is 17.8 Å². The number of aliphatic hydroxyl groups excluding tert-OH is 1. The van der Waals surface area contributed by atoms with Gasteiger partial charge in [0.2, 0.25) is 5.91 Å². The summed E-state index contributed by atoms with van der Waals surface area (Å²) >= 11 is 0. The molecule has 8 nitrogen and oxygen atoms in total. The predicted octanol–water partition coefficient (Wildman–Crippen LogP) is 2.90. The average molecular weight is 488 g/mol. The van der Waals surface area contributed by atoms with Gasteiger partial charge in [-0.3, -0.25) is 19.7 Å². The molecule has 194 valence electrons. The Morgan fingerprint density at radius 1 is 0.971 bits per heavy atom. The zero-order valence-electron chi connectivity index (χ0n) is 21.6. The van der Waals surface area contributed by atoms with Crippen LogP contribution < -0.4 is 16.0 Å². The second-order valence-electron chi connectivity index (χ2n) is 10.5. The van der Waals surface area contributed by atoms with E-state index in [4.69, 9.17) is 0 Å². The fourth-order valence-electron chi connectivity index (χ4n) is 4.51. The molecule has 0 bridgehead atoms. The van der Waals surface area contributed by atoms with Crippen LogP contribution in [0.1, 0.15) is 71.4 Å². The number of nitrogens with one attached hydrogen (secondary N) is 3. The van der Waals surface area contributed by atoms with E-state index >= 15 is 0 Å². The molecule has 1 aliphatic heterocycles. The lowest BCUT2D eigenvalue weighted by atomic mass is 9.83. The minimum absolute atomic E-state index is 0.114. The Hall–Kier alpha value is -2.74. The maximum atomic E-state index is 13.1. The highest BCUT2D eigenvalue weighted by Crippen LogP contribution is 2.24. The average Bonchev–Trinajstić information content (AvgIpc) is 3.08. The van der Waals surface area contributed by atoms with Gasteiger partial charge < -0.3 is 15.7 Å². The molecule has 0 radical (unpaired) electrons. The van der Waals surface area contributed by atoms with Gasteiger partial charge in [-0.1, -0.05) is 58.9 Å². The van der Waals surface area contributed by atoms with Gasteiger partial charge in [0, 0.05) is 12.3 Å². The van der Waals surface area contributed by atoms with Gasteiger partial charge >= 0.3 is 6.03 Å². The summed E-state index contributed by atoms with van der Waals surface area (Å²) in [5.41, 5.74) is 2.11. The molecule has 8 heteroatoms. The van der Waals surface area contributed by atoms with E-state index in [1.807, 2.05) is 52.0 Å². The first-order chi connectivity index (χ1) is 16.5. The number of carbonyl (C=O) groups excluding carboxylic acids is 4. The molecular formula is C27H41N3O5. The zero-order chi connectivity index (χ0) is 26.1. The molecule has 1 heterocycles. The van der Waals surface area contributed by atoms with E-state index in [-0.39, 0.29) is 42.8 Å². The van der Waals surface area contributed by atoms with Crippen molar-refractivity contribution in [3.8, 4) is 0 Å².